The summed E-state index contributed by atoms with van der Waals surface area (Å²) in [6, 6.07) is 7.89. The molecule has 2 aliphatic carbocycles. The van der Waals surface area contributed by atoms with Crippen LogP contribution in [0.5, 0.6) is 0 Å². The number of pyridine rings is 1. The lowest BCUT2D eigenvalue weighted by atomic mass is 9.63. The second-order valence-electron chi connectivity index (χ2n) is 23.4. The molecule has 3 aliphatic rings. The van der Waals surface area contributed by atoms with Gasteiger partial charge in [0.25, 0.3) is 12.3 Å². The van der Waals surface area contributed by atoms with Gasteiger partial charge in [0, 0.05) is 64.3 Å². The summed E-state index contributed by atoms with van der Waals surface area (Å²) in [4.78, 5) is 90.1. The quantitative estimate of drug-likeness (QED) is 0.0433. The molecule has 1 aliphatic heterocycles. The molecule has 78 heavy (non-hydrogen) atoms. The van der Waals surface area contributed by atoms with E-state index in [1.54, 1.807) is 44.5 Å². The molecule has 5 aromatic rings. The Bertz CT molecular complexity index is 3050. The largest absolute Gasteiger partial charge is 0.481 e. The summed E-state index contributed by atoms with van der Waals surface area (Å²) in [6.45, 7) is 13.4. The molecule has 422 valence electrons. The molecule has 2 saturated carbocycles. The van der Waals surface area contributed by atoms with Gasteiger partial charge in [0.1, 0.15) is 23.7 Å². The molecule has 3 fully saturated rings. The van der Waals surface area contributed by atoms with Crippen LogP contribution in [0.2, 0.25) is 0 Å². The van der Waals surface area contributed by atoms with Gasteiger partial charge in [0.05, 0.1) is 28.2 Å². The van der Waals surface area contributed by atoms with Crippen molar-refractivity contribution in [1.82, 2.24) is 39.1 Å². The summed E-state index contributed by atoms with van der Waals surface area (Å²) in [6.07, 6.45) is 7.95. The van der Waals surface area contributed by atoms with Gasteiger partial charge in [0.2, 0.25) is 17.7 Å². The number of nitrogens with zero attached hydrogens (tertiary/aromatic N) is 8. The maximum absolute atomic E-state index is 14.5. The Hall–Kier alpha value is -6.81. The van der Waals surface area contributed by atoms with Gasteiger partial charge in [-0.1, -0.05) is 32.9 Å². The van der Waals surface area contributed by atoms with E-state index in [1.165, 1.54) is 26.5 Å². The van der Waals surface area contributed by atoms with Crippen molar-refractivity contribution in [2.45, 2.75) is 143 Å². The zero-order chi connectivity index (χ0) is 56.3. The molecule has 0 radical (unpaired) electrons. The number of imide groups is 1. The number of hydrogen-bond donors (Lipinski definition) is 3. The lowest BCUT2D eigenvalue weighted by Crippen LogP contribution is -2.51. The third-order valence-electron chi connectivity index (χ3n) is 15.5. The van der Waals surface area contributed by atoms with Crippen molar-refractivity contribution in [2.75, 3.05) is 50.1 Å². The summed E-state index contributed by atoms with van der Waals surface area (Å²) in [5, 5.41) is 20.0. The fourth-order valence-corrected chi connectivity index (χ4v) is 11.0. The van der Waals surface area contributed by atoms with E-state index in [1.807, 2.05) is 46.0 Å². The summed E-state index contributed by atoms with van der Waals surface area (Å²) in [5.41, 5.74) is -0.837. The summed E-state index contributed by atoms with van der Waals surface area (Å²) in [5.74, 6) is -1.51. The maximum atomic E-state index is 14.5. The van der Waals surface area contributed by atoms with Crippen LogP contribution < -0.4 is 21.2 Å². The number of ether oxygens (including phenoxy) is 2. The van der Waals surface area contributed by atoms with Crippen LogP contribution in [0.1, 0.15) is 152 Å². The molecular weight excluding hydrogens is 1010 g/mol. The highest BCUT2D eigenvalue weighted by molar-refractivity contribution is 6.03. The highest BCUT2D eigenvalue weighted by atomic mass is 19.3. The van der Waals surface area contributed by atoms with Crippen molar-refractivity contribution in [3.63, 3.8) is 0 Å². The van der Waals surface area contributed by atoms with Crippen molar-refractivity contribution in [1.29, 1.82) is 0 Å². The minimum Gasteiger partial charge on any atom is -0.481 e. The minimum atomic E-state index is -2.97. The van der Waals surface area contributed by atoms with Crippen LogP contribution in [-0.2, 0) is 37.3 Å². The maximum Gasteiger partial charge on any atom is 0.416 e. The van der Waals surface area contributed by atoms with Crippen molar-refractivity contribution >= 4 is 52.3 Å². The van der Waals surface area contributed by atoms with Crippen molar-refractivity contribution < 1.29 is 51.8 Å². The SMILES string of the molecule is CN(CC1CCC(n2cc(NC(=O)c3coc(-c4ccnc(N(CC5CC5)C(=O)OC(C)(C)C)c4)n3)c(C(F)F)n2)CC1)CC(CCCOCCCc1cccc2c1n(C)c(=O)n2C1CCC(=O)NC1=O)(C(=O)O)C(C)(C)C. The van der Waals surface area contributed by atoms with Crippen LogP contribution in [0.3, 0.4) is 0 Å². The van der Waals surface area contributed by atoms with E-state index in [4.69, 9.17) is 13.9 Å². The molecule has 2 unspecified atom stereocenters. The fourth-order valence-electron chi connectivity index (χ4n) is 11.0. The monoisotopic (exact) mass is 1080 g/mol. The van der Waals surface area contributed by atoms with Gasteiger partial charge in [-0.05, 0) is 139 Å². The average molecular weight is 1090 g/mol. The molecule has 2 atom stereocenters. The predicted octanol–water partition coefficient (Wildman–Crippen LogP) is 9.12. The van der Waals surface area contributed by atoms with Gasteiger partial charge >= 0.3 is 17.8 Å². The third kappa shape index (κ3) is 13.2. The van der Waals surface area contributed by atoms with E-state index in [0.717, 1.165) is 43.0 Å². The number of benzene rings is 1. The Morgan fingerprint density at radius 3 is 2.33 bits per heavy atom. The van der Waals surface area contributed by atoms with Crippen molar-refractivity contribution in [2.24, 2.45) is 29.7 Å². The molecule has 1 aromatic carbocycles. The zero-order valence-electron chi connectivity index (χ0n) is 46.0. The second kappa shape index (κ2) is 23.7. The average Bonchev–Trinajstić information content (AvgIpc) is 3.83. The van der Waals surface area contributed by atoms with Crippen molar-refractivity contribution in [3.8, 4) is 11.5 Å². The Labute approximate surface area is 452 Å². The first kappa shape index (κ1) is 57.4. The number of hydrogen-bond acceptors (Lipinski definition) is 13. The van der Waals surface area contributed by atoms with E-state index in [9.17, 15) is 42.7 Å². The lowest BCUT2D eigenvalue weighted by molar-refractivity contribution is -0.159. The van der Waals surface area contributed by atoms with Crippen LogP contribution >= 0.6 is 0 Å². The van der Waals surface area contributed by atoms with E-state index < -0.39 is 58.5 Å². The zero-order valence-corrected chi connectivity index (χ0v) is 46.0. The minimum absolute atomic E-state index is 0.0685. The smallest absolute Gasteiger partial charge is 0.416 e. The van der Waals surface area contributed by atoms with Crippen LogP contribution in [0.25, 0.3) is 22.5 Å². The molecule has 8 rings (SSSR count). The number of amides is 4. The first-order valence-corrected chi connectivity index (χ1v) is 27.1. The highest BCUT2D eigenvalue weighted by Crippen LogP contribution is 2.45. The van der Waals surface area contributed by atoms with Gasteiger partial charge in [-0.3, -0.25) is 43.2 Å². The first-order chi connectivity index (χ1) is 36.9. The third-order valence-corrected chi connectivity index (χ3v) is 15.5. The van der Waals surface area contributed by atoms with E-state index in [0.29, 0.717) is 94.2 Å². The van der Waals surface area contributed by atoms with Gasteiger partial charge in [0.15, 0.2) is 11.4 Å². The molecule has 0 bridgehead atoms. The normalized spacial score (nSPS) is 19.1. The summed E-state index contributed by atoms with van der Waals surface area (Å²) < 4.78 is 50.8. The number of carboxylic acids is 1. The van der Waals surface area contributed by atoms with Crippen LogP contribution in [0.15, 0.2) is 58.2 Å². The van der Waals surface area contributed by atoms with Gasteiger partial charge in [-0.25, -0.2) is 28.3 Å². The topological polar surface area (TPSA) is 238 Å². The number of piperidine rings is 1. The molecule has 4 amide bonds. The highest BCUT2D eigenvalue weighted by Gasteiger charge is 2.49. The number of halogens is 2. The van der Waals surface area contributed by atoms with Gasteiger partial charge < -0.3 is 29.2 Å². The number of aryl methyl sites for hydroxylation is 2. The number of anilines is 2. The molecular formula is C56H74F2N10O10. The summed E-state index contributed by atoms with van der Waals surface area (Å²) in [7, 11) is 3.62. The Morgan fingerprint density at radius 1 is 0.962 bits per heavy atom. The van der Waals surface area contributed by atoms with Gasteiger partial charge in [-0.15, -0.1) is 0 Å². The number of imidazole rings is 1. The van der Waals surface area contributed by atoms with Crippen LogP contribution in [0.4, 0.5) is 25.1 Å². The van der Waals surface area contributed by atoms with Crippen LogP contribution in [-0.4, -0.2) is 114 Å². The number of oxazole rings is 1. The molecule has 20 nitrogen and oxygen atoms in total. The van der Waals surface area contributed by atoms with Crippen LogP contribution in [0, 0.1) is 22.7 Å². The Morgan fingerprint density at radius 2 is 1.67 bits per heavy atom. The molecule has 3 N–H and O–H groups in total. The standard InChI is InChI=1S/C56H74F2N10O10/c1-54(2,3)56(51(72)73,24-11-27-76-26-10-13-36-12-9-14-41-46(36)65(8)52(74)68(41)42-21-22-44(69)62-49(42)71)33-64(7)29-34-17-19-38(20-18-34)67-31-39(45(63-67)47(57)58)60-48(70)40-32-77-50(61-40)37-23-25-59-43(28-37)66(30-35-15-16-35)53(75)78-55(4,5)6/h9,12,14,23,25,28,31-32,34-35,38,42,47H,10-11,13,15-22,24,26-27,29-30,33H2,1-8H3,(H,60,70)(H,72,73)(H,62,69,71). The fraction of sp³-hybridized carbons (Fsp3) is 0.589. The number of carbonyl (C=O) groups is 5. The Kier molecular flexibility index (Phi) is 17.4. The number of fused-ring (bicyclic) bond motifs is 1. The number of carboxylic acid groups (broad SMARTS) is 1. The second-order valence-corrected chi connectivity index (χ2v) is 23.4. The van der Waals surface area contributed by atoms with Gasteiger partial charge in [-0.2, -0.15) is 5.10 Å². The molecule has 0 spiro atoms. The predicted molar refractivity (Wildman–Crippen MR) is 286 cm³/mol. The molecule has 4 aromatic heterocycles. The first-order valence-electron chi connectivity index (χ1n) is 27.1. The number of para-hydroxylation sites is 1. The lowest BCUT2D eigenvalue weighted by Gasteiger charge is -2.44. The number of rotatable bonds is 22. The number of aromatic nitrogens is 6. The molecule has 22 heteroatoms. The van der Waals surface area contributed by atoms with E-state index in [2.05, 4.69) is 30.6 Å². The number of aliphatic carboxylic acids is 1. The molecule has 1 saturated heterocycles. The number of nitrogens with one attached hydrogen (secondary N) is 2. The van der Waals surface area contributed by atoms with E-state index in [-0.39, 0.29) is 53.7 Å². The van der Waals surface area contributed by atoms with E-state index >= 15 is 0 Å². The number of alkyl halides is 2. The van der Waals surface area contributed by atoms with Crippen molar-refractivity contribution in [3.05, 3.63) is 76.4 Å². The molecule has 5 heterocycles. The number of carbonyl (C=O) groups excluding carboxylic acids is 4. The Balaban J connectivity index is 0.818. The summed E-state index contributed by atoms with van der Waals surface area (Å²) >= 11 is 0.